The van der Waals surface area contributed by atoms with Gasteiger partial charge in [-0.05, 0) is 37.2 Å². The van der Waals surface area contributed by atoms with Gasteiger partial charge in [0.25, 0.3) is 5.91 Å². The molecule has 1 aliphatic heterocycles. The monoisotopic (exact) mass is 426 g/mol. The molecule has 1 aromatic carbocycles. The van der Waals surface area contributed by atoms with E-state index in [1.54, 1.807) is 11.0 Å². The van der Waals surface area contributed by atoms with Crippen LogP contribution in [0.4, 0.5) is 4.79 Å². The quantitative estimate of drug-likeness (QED) is 0.284. The van der Waals surface area contributed by atoms with E-state index < -0.39 is 19.1 Å². The number of carbonyl (C=O) groups is 2. The number of nitriles is 1. The van der Waals surface area contributed by atoms with Crippen molar-refractivity contribution < 1.29 is 19.6 Å². The highest BCUT2D eigenvalue weighted by atomic mass is 16.4. The number of benzene rings is 1. The maximum absolute atomic E-state index is 12.8. The molecule has 2 rings (SSSR count). The van der Waals surface area contributed by atoms with Crippen molar-refractivity contribution in [1.82, 2.24) is 15.5 Å². The van der Waals surface area contributed by atoms with Crippen LogP contribution in [0.25, 0.3) is 0 Å². The Kier molecular flexibility index (Phi) is 9.57. The molecule has 0 unspecified atom stereocenters. The van der Waals surface area contributed by atoms with Gasteiger partial charge in [0.15, 0.2) is 0 Å². The fourth-order valence-electron chi connectivity index (χ4n) is 3.65. The summed E-state index contributed by atoms with van der Waals surface area (Å²) in [6.45, 7) is 4.57. The number of carbonyl (C=O) groups excluding carboxylic acids is 2. The van der Waals surface area contributed by atoms with Gasteiger partial charge in [-0.25, -0.2) is 4.79 Å². The predicted molar refractivity (Wildman–Crippen MR) is 119 cm³/mol. The van der Waals surface area contributed by atoms with Gasteiger partial charge in [0.2, 0.25) is 0 Å². The van der Waals surface area contributed by atoms with Gasteiger partial charge < -0.3 is 25.6 Å². The lowest BCUT2D eigenvalue weighted by Gasteiger charge is -2.36. The minimum Gasteiger partial charge on any atom is -0.426 e. The van der Waals surface area contributed by atoms with E-state index in [-0.39, 0.29) is 36.4 Å². The number of nitrogens with one attached hydrogen (secondary N) is 2. The van der Waals surface area contributed by atoms with E-state index in [0.717, 1.165) is 24.8 Å². The lowest BCUT2D eigenvalue weighted by atomic mass is 9.76. The van der Waals surface area contributed by atoms with Crippen molar-refractivity contribution in [2.24, 2.45) is 5.92 Å². The van der Waals surface area contributed by atoms with Crippen molar-refractivity contribution in [3.8, 4) is 6.07 Å². The number of amides is 3. The molecular formula is C22H31BN4O4. The van der Waals surface area contributed by atoms with E-state index in [0.29, 0.717) is 6.54 Å². The first-order chi connectivity index (χ1) is 14.8. The molecule has 3 amide bonds. The summed E-state index contributed by atoms with van der Waals surface area (Å²) in [5.74, 6) is -1.10. The van der Waals surface area contributed by atoms with Crippen molar-refractivity contribution in [3.05, 3.63) is 47.5 Å². The number of hydrogen-bond donors (Lipinski definition) is 4. The first-order valence-electron chi connectivity index (χ1n) is 10.7. The predicted octanol–water partition coefficient (Wildman–Crippen LogP) is 1.40. The Balaban J connectivity index is 1.96. The standard InChI is InChI=1S/C22H31BN4O4/c1-16(2)12-18(14-24)21(28)27-11-7-6-10-19(27)15-25-22(29)26-20(23(30)31)13-17-8-4-3-5-9-17/h3-5,8-9,12,16,19-20,30-31H,6-7,10-11,13,15H2,1-2H3,(H2,25,26,29)/t19-,20+/m1/s1. The van der Waals surface area contributed by atoms with E-state index in [9.17, 15) is 24.9 Å². The highest BCUT2D eigenvalue weighted by molar-refractivity contribution is 6.43. The summed E-state index contributed by atoms with van der Waals surface area (Å²) in [7, 11) is -1.71. The van der Waals surface area contributed by atoms with Crippen LogP contribution in [0.5, 0.6) is 0 Å². The lowest BCUT2D eigenvalue weighted by Crippen LogP contribution is -2.54. The summed E-state index contributed by atoms with van der Waals surface area (Å²) in [6.07, 6.45) is 4.43. The number of piperidine rings is 1. The van der Waals surface area contributed by atoms with Crippen LogP contribution in [-0.2, 0) is 11.2 Å². The Hall–Kier alpha value is -2.83. The van der Waals surface area contributed by atoms with Crippen molar-refractivity contribution in [3.63, 3.8) is 0 Å². The number of likely N-dealkylation sites (tertiary alicyclic amines) is 1. The zero-order valence-corrected chi connectivity index (χ0v) is 18.1. The van der Waals surface area contributed by atoms with Crippen LogP contribution in [0.15, 0.2) is 42.0 Å². The summed E-state index contributed by atoms with van der Waals surface area (Å²) >= 11 is 0. The highest BCUT2D eigenvalue weighted by Gasteiger charge is 2.30. The van der Waals surface area contributed by atoms with Crippen molar-refractivity contribution in [2.45, 2.75) is 51.5 Å². The third-order valence-electron chi connectivity index (χ3n) is 5.21. The second kappa shape index (κ2) is 12.1. The Labute approximate surface area is 184 Å². The summed E-state index contributed by atoms with van der Waals surface area (Å²) in [5.41, 5.74) is 0.989. The van der Waals surface area contributed by atoms with Crippen LogP contribution in [0.1, 0.15) is 38.7 Å². The molecule has 1 aliphatic rings. The smallest absolute Gasteiger partial charge is 0.426 e. The molecule has 1 saturated heterocycles. The average molecular weight is 426 g/mol. The van der Waals surface area contributed by atoms with Crippen LogP contribution in [0.2, 0.25) is 0 Å². The number of rotatable bonds is 8. The molecule has 1 aromatic rings. The second-order valence-electron chi connectivity index (χ2n) is 8.15. The van der Waals surface area contributed by atoms with Crippen LogP contribution in [0.3, 0.4) is 0 Å². The fraction of sp³-hybridized carbons (Fsp3) is 0.500. The van der Waals surface area contributed by atoms with Gasteiger partial charge in [-0.3, -0.25) is 4.79 Å². The largest absolute Gasteiger partial charge is 0.475 e. The summed E-state index contributed by atoms with van der Waals surface area (Å²) < 4.78 is 0. The normalized spacial score (nSPS) is 17.6. The molecule has 8 nitrogen and oxygen atoms in total. The van der Waals surface area contributed by atoms with Gasteiger partial charge in [-0.1, -0.05) is 50.3 Å². The fourth-order valence-corrected chi connectivity index (χ4v) is 3.65. The molecule has 0 aliphatic carbocycles. The molecule has 166 valence electrons. The lowest BCUT2D eigenvalue weighted by molar-refractivity contribution is -0.130. The topological polar surface area (TPSA) is 126 Å². The maximum Gasteiger partial charge on any atom is 0.475 e. The highest BCUT2D eigenvalue weighted by Crippen LogP contribution is 2.19. The Bertz CT molecular complexity index is 807. The van der Waals surface area contributed by atoms with E-state index in [1.807, 2.05) is 50.2 Å². The van der Waals surface area contributed by atoms with Gasteiger partial charge >= 0.3 is 13.1 Å². The third-order valence-corrected chi connectivity index (χ3v) is 5.21. The first-order valence-corrected chi connectivity index (χ1v) is 10.7. The number of hydrogen-bond acceptors (Lipinski definition) is 5. The van der Waals surface area contributed by atoms with Crippen molar-refractivity contribution >= 4 is 19.1 Å². The molecule has 1 fully saturated rings. The Morgan fingerprint density at radius 1 is 1.29 bits per heavy atom. The van der Waals surface area contributed by atoms with Gasteiger partial charge in [0, 0.05) is 19.1 Å². The molecule has 0 radical (unpaired) electrons. The van der Waals surface area contributed by atoms with Gasteiger partial charge in [-0.2, -0.15) is 5.26 Å². The van der Waals surface area contributed by atoms with Crippen molar-refractivity contribution in [2.75, 3.05) is 13.1 Å². The molecule has 31 heavy (non-hydrogen) atoms. The van der Waals surface area contributed by atoms with Gasteiger partial charge in [0.05, 0.1) is 5.94 Å². The first kappa shape index (κ1) is 24.4. The maximum atomic E-state index is 12.8. The molecule has 0 aromatic heterocycles. The van der Waals surface area contributed by atoms with E-state index in [1.165, 1.54) is 0 Å². The van der Waals surface area contributed by atoms with Crippen molar-refractivity contribution in [1.29, 1.82) is 5.26 Å². The molecule has 4 N–H and O–H groups in total. The molecular weight excluding hydrogens is 395 g/mol. The number of nitrogens with zero attached hydrogens (tertiary/aromatic N) is 2. The molecule has 0 spiro atoms. The zero-order chi connectivity index (χ0) is 22.8. The minimum absolute atomic E-state index is 0.0807. The SMILES string of the molecule is CC(C)C=C(C#N)C(=O)N1CCCC[C@@H]1CNC(=O)N[C@@H](Cc1ccccc1)B(O)O. The van der Waals surface area contributed by atoms with Crippen LogP contribution >= 0.6 is 0 Å². The number of urea groups is 1. The zero-order valence-electron chi connectivity index (χ0n) is 18.1. The Morgan fingerprint density at radius 2 is 2.00 bits per heavy atom. The third kappa shape index (κ3) is 7.74. The van der Waals surface area contributed by atoms with Gasteiger partial charge in [0.1, 0.15) is 11.6 Å². The summed E-state index contributed by atoms with van der Waals surface area (Å²) in [5, 5.41) is 34.0. The van der Waals surface area contributed by atoms with E-state index in [4.69, 9.17) is 0 Å². The number of allylic oxidation sites excluding steroid dienone is 1. The van der Waals surface area contributed by atoms with Crippen LogP contribution < -0.4 is 10.6 Å². The molecule has 2 atom stereocenters. The summed E-state index contributed by atoms with van der Waals surface area (Å²) in [6, 6.07) is 10.5. The Morgan fingerprint density at radius 3 is 2.61 bits per heavy atom. The minimum atomic E-state index is -1.71. The van der Waals surface area contributed by atoms with Crippen LogP contribution in [0, 0.1) is 17.2 Å². The molecule has 0 saturated carbocycles. The molecule has 1 heterocycles. The molecule has 9 heteroatoms. The average Bonchev–Trinajstić information content (AvgIpc) is 2.75. The van der Waals surface area contributed by atoms with Gasteiger partial charge in [-0.15, -0.1) is 0 Å². The second-order valence-corrected chi connectivity index (χ2v) is 8.15. The van der Waals surface area contributed by atoms with E-state index in [2.05, 4.69) is 10.6 Å². The summed E-state index contributed by atoms with van der Waals surface area (Å²) in [4.78, 5) is 26.9. The van der Waals surface area contributed by atoms with Crippen LogP contribution in [-0.4, -0.2) is 59.1 Å². The molecule has 0 bridgehead atoms. The van der Waals surface area contributed by atoms with E-state index >= 15 is 0 Å².